The molecule has 0 aliphatic carbocycles. The SMILES string of the molecule is CCCCCCCCCCCCCCCCNc1ncnc(NCCc2ccc(OC)c(OC)c2)c1[N+](=O)[O-]. The van der Waals surface area contributed by atoms with Crippen LogP contribution in [0.5, 0.6) is 11.5 Å². The van der Waals surface area contributed by atoms with Crippen molar-refractivity contribution in [1.82, 2.24) is 9.97 Å². The molecule has 1 aromatic heterocycles. The van der Waals surface area contributed by atoms with E-state index in [0.717, 1.165) is 18.4 Å². The zero-order valence-corrected chi connectivity index (χ0v) is 24.3. The molecule has 1 aromatic carbocycles. The molecule has 39 heavy (non-hydrogen) atoms. The van der Waals surface area contributed by atoms with E-state index in [-0.39, 0.29) is 17.3 Å². The van der Waals surface area contributed by atoms with Gasteiger partial charge >= 0.3 is 5.69 Å². The molecule has 0 radical (unpaired) electrons. The van der Waals surface area contributed by atoms with E-state index in [2.05, 4.69) is 27.5 Å². The Bertz CT molecular complexity index is 957. The van der Waals surface area contributed by atoms with Crippen LogP contribution in [-0.4, -0.2) is 42.2 Å². The molecule has 0 aliphatic heterocycles. The third kappa shape index (κ3) is 12.5. The zero-order chi connectivity index (χ0) is 28.1. The monoisotopic (exact) mass is 543 g/mol. The minimum Gasteiger partial charge on any atom is -0.493 e. The van der Waals surface area contributed by atoms with E-state index in [1.165, 1.54) is 83.4 Å². The van der Waals surface area contributed by atoms with Crippen LogP contribution in [0.4, 0.5) is 17.3 Å². The van der Waals surface area contributed by atoms with Crippen molar-refractivity contribution in [1.29, 1.82) is 0 Å². The van der Waals surface area contributed by atoms with Crippen LogP contribution in [0.2, 0.25) is 0 Å². The Morgan fingerprint density at radius 1 is 0.744 bits per heavy atom. The van der Waals surface area contributed by atoms with E-state index in [1.807, 2.05) is 18.2 Å². The molecule has 2 rings (SSSR count). The van der Waals surface area contributed by atoms with Gasteiger partial charge in [0.2, 0.25) is 11.6 Å². The normalized spacial score (nSPS) is 10.8. The first kappa shape index (κ1) is 32.1. The Balaban J connectivity index is 1.65. The summed E-state index contributed by atoms with van der Waals surface area (Å²) < 4.78 is 10.6. The van der Waals surface area contributed by atoms with Gasteiger partial charge in [-0.1, -0.05) is 96.5 Å². The minimum absolute atomic E-state index is 0.116. The maximum atomic E-state index is 11.8. The molecule has 0 fully saturated rings. The molecule has 0 saturated carbocycles. The van der Waals surface area contributed by atoms with Gasteiger partial charge in [0, 0.05) is 13.1 Å². The molecular weight excluding hydrogens is 494 g/mol. The van der Waals surface area contributed by atoms with Gasteiger partial charge in [0.15, 0.2) is 11.5 Å². The Kier molecular flexibility index (Phi) is 16.4. The van der Waals surface area contributed by atoms with Crippen LogP contribution in [0.15, 0.2) is 24.5 Å². The highest BCUT2D eigenvalue weighted by molar-refractivity contribution is 5.69. The van der Waals surface area contributed by atoms with E-state index in [9.17, 15) is 10.1 Å². The third-order valence-electron chi connectivity index (χ3n) is 6.98. The van der Waals surface area contributed by atoms with Gasteiger partial charge in [-0.25, -0.2) is 9.97 Å². The number of benzene rings is 1. The highest BCUT2D eigenvalue weighted by Crippen LogP contribution is 2.30. The second-order valence-corrected chi connectivity index (χ2v) is 10.1. The molecule has 9 nitrogen and oxygen atoms in total. The van der Waals surface area contributed by atoms with Crippen molar-refractivity contribution in [2.24, 2.45) is 0 Å². The van der Waals surface area contributed by atoms with Crippen molar-refractivity contribution in [3.8, 4) is 11.5 Å². The molecule has 2 N–H and O–H groups in total. The first-order valence-electron chi connectivity index (χ1n) is 14.8. The Labute approximate surface area is 234 Å². The first-order valence-corrected chi connectivity index (χ1v) is 14.8. The van der Waals surface area contributed by atoms with E-state index < -0.39 is 4.92 Å². The lowest BCUT2D eigenvalue weighted by Crippen LogP contribution is -2.12. The molecule has 2 aromatic rings. The van der Waals surface area contributed by atoms with Crippen LogP contribution < -0.4 is 20.1 Å². The molecule has 0 bridgehead atoms. The lowest BCUT2D eigenvalue weighted by atomic mass is 10.0. The van der Waals surface area contributed by atoms with E-state index in [1.54, 1.807) is 14.2 Å². The predicted octanol–water partition coefficient (Wildman–Crippen LogP) is 7.95. The van der Waals surface area contributed by atoms with Gasteiger partial charge in [-0.05, 0) is 30.5 Å². The van der Waals surface area contributed by atoms with Gasteiger partial charge < -0.3 is 20.1 Å². The average molecular weight is 544 g/mol. The molecule has 0 spiro atoms. The quantitative estimate of drug-likeness (QED) is 0.0825. The van der Waals surface area contributed by atoms with Crippen molar-refractivity contribution in [3.05, 3.63) is 40.2 Å². The summed E-state index contributed by atoms with van der Waals surface area (Å²) >= 11 is 0. The van der Waals surface area contributed by atoms with E-state index in [0.29, 0.717) is 31.0 Å². The summed E-state index contributed by atoms with van der Waals surface area (Å²) in [7, 11) is 3.19. The molecule has 1 heterocycles. The van der Waals surface area contributed by atoms with Gasteiger partial charge in [-0.2, -0.15) is 0 Å². The van der Waals surface area contributed by atoms with Crippen molar-refractivity contribution in [2.75, 3.05) is 37.9 Å². The van der Waals surface area contributed by atoms with Gasteiger partial charge in [0.05, 0.1) is 19.1 Å². The van der Waals surface area contributed by atoms with Gasteiger partial charge in [0.25, 0.3) is 0 Å². The highest BCUT2D eigenvalue weighted by Gasteiger charge is 2.22. The number of nitrogens with one attached hydrogen (secondary N) is 2. The number of hydrogen-bond acceptors (Lipinski definition) is 8. The summed E-state index contributed by atoms with van der Waals surface area (Å²) in [4.78, 5) is 19.6. The summed E-state index contributed by atoms with van der Waals surface area (Å²) in [5.41, 5.74) is 0.906. The molecule has 0 atom stereocenters. The largest absolute Gasteiger partial charge is 0.493 e. The lowest BCUT2D eigenvalue weighted by Gasteiger charge is -2.11. The van der Waals surface area contributed by atoms with Gasteiger partial charge in [-0.15, -0.1) is 0 Å². The number of nitrogens with zero attached hydrogens (tertiary/aromatic N) is 3. The van der Waals surface area contributed by atoms with E-state index in [4.69, 9.17) is 9.47 Å². The van der Waals surface area contributed by atoms with Crippen LogP contribution in [0.3, 0.4) is 0 Å². The van der Waals surface area contributed by atoms with Crippen LogP contribution in [0, 0.1) is 10.1 Å². The number of ether oxygens (including phenoxy) is 2. The summed E-state index contributed by atoms with van der Waals surface area (Å²) in [6.45, 7) is 3.40. The maximum Gasteiger partial charge on any atom is 0.353 e. The highest BCUT2D eigenvalue weighted by atomic mass is 16.6. The maximum absolute atomic E-state index is 11.8. The number of nitro groups is 1. The molecular formula is C30H49N5O4. The number of methoxy groups -OCH3 is 2. The second-order valence-electron chi connectivity index (χ2n) is 10.1. The lowest BCUT2D eigenvalue weighted by molar-refractivity contribution is -0.383. The Morgan fingerprint density at radius 3 is 1.77 bits per heavy atom. The fourth-order valence-electron chi connectivity index (χ4n) is 4.70. The number of aromatic nitrogens is 2. The topological polar surface area (TPSA) is 111 Å². The van der Waals surface area contributed by atoms with Crippen LogP contribution >= 0.6 is 0 Å². The molecule has 0 unspecified atom stereocenters. The fraction of sp³-hybridized carbons (Fsp3) is 0.667. The smallest absolute Gasteiger partial charge is 0.353 e. The van der Waals surface area contributed by atoms with E-state index >= 15 is 0 Å². The van der Waals surface area contributed by atoms with Crippen molar-refractivity contribution in [3.63, 3.8) is 0 Å². The van der Waals surface area contributed by atoms with Gasteiger partial charge in [0.1, 0.15) is 6.33 Å². The summed E-state index contributed by atoms with van der Waals surface area (Å²) in [6.07, 6.45) is 20.2. The Hall–Kier alpha value is -3.10. The zero-order valence-electron chi connectivity index (χ0n) is 24.3. The standard InChI is InChI=1S/C30H49N5O4/c1-4-5-6-7-8-9-10-11-12-13-14-15-16-17-21-31-29-28(35(36)37)30(34-24-33-29)32-22-20-25-18-19-26(38-2)27(23-25)39-3/h18-19,23-24H,4-17,20-22H2,1-3H3,(H2,31,32,33,34). The molecule has 218 valence electrons. The molecule has 9 heteroatoms. The molecule has 0 amide bonds. The first-order chi connectivity index (χ1) is 19.1. The predicted molar refractivity (Wildman–Crippen MR) is 159 cm³/mol. The number of rotatable bonds is 23. The molecule has 0 saturated heterocycles. The van der Waals surface area contributed by atoms with Gasteiger partial charge in [-0.3, -0.25) is 10.1 Å². The Morgan fingerprint density at radius 2 is 1.26 bits per heavy atom. The van der Waals surface area contributed by atoms with Crippen LogP contribution in [-0.2, 0) is 6.42 Å². The van der Waals surface area contributed by atoms with Crippen molar-refractivity contribution < 1.29 is 14.4 Å². The number of unbranched alkanes of at least 4 members (excludes halogenated alkanes) is 13. The molecule has 0 aliphatic rings. The van der Waals surface area contributed by atoms with Crippen molar-refractivity contribution >= 4 is 17.3 Å². The van der Waals surface area contributed by atoms with Crippen molar-refractivity contribution in [2.45, 2.75) is 103 Å². The van der Waals surface area contributed by atoms with Crippen LogP contribution in [0.1, 0.15) is 102 Å². The summed E-state index contributed by atoms with van der Waals surface area (Å²) in [6, 6.07) is 5.69. The number of anilines is 2. The third-order valence-corrected chi connectivity index (χ3v) is 6.98. The van der Waals surface area contributed by atoms with Crippen LogP contribution in [0.25, 0.3) is 0 Å². The summed E-state index contributed by atoms with van der Waals surface area (Å²) in [5, 5.41) is 18.1. The second kappa shape index (κ2) is 19.9. The average Bonchev–Trinajstić information content (AvgIpc) is 2.94. The fourth-order valence-corrected chi connectivity index (χ4v) is 4.70. The minimum atomic E-state index is -0.424. The summed E-state index contributed by atoms with van der Waals surface area (Å²) in [5.74, 6) is 1.80. The number of hydrogen-bond donors (Lipinski definition) is 2.